The molecule has 0 aromatic rings. The standard InChI is InChI=1S/C50H54N2O9.22H2/c1-4-6-8-10-12-14-16-18-19-20-21-22-23-24-25-26-28-30-32-34-36-38-45(55)52-42(40-60-50-49(59)48(58)47(57)44(61-50)39-51-41(3)53)46(56)43(54)37-35-33-31-29-27-17-15-13-11-9-7-5-2;;;;;;;;;;;;;;;;;;;;;;/h42-44,46-50,54,56-59H,5,7,9,11,13,15,17,27,29,31,33,35,37,39-40H2,1-3H3,(H,51,53)(H,52,55);22*1H/t42-,43+,44?,46-,47?,48?,49?,50?;;;;;;;;;;;;;;;;;;;;;;/m0....................../s1. The average molecular weight is 871 g/mol. The molecule has 0 aromatic carbocycles. The molecule has 1 aliphatic rings. The van der Waals surface area contributed by atoms with Gasteiger partial charge < -0.3 is 45.6 Å². The van der Waals surface area contributed by atoms with E-state index in [1.165, 1.54) is 51.9 Å². The lowest BCUT2D eigenvalue weighted by Gasteiger charge is -2.41. The number of carbonyl (C=O) groups excluding carboxylic acids is 2. The predicted molar refractivity (Wildman–Crippen MR) is 279 cm³/mol. The van der Waals surface area contributed by atoms with Crippen molar-refractivity contribution in [3.05, 3.63) is 0 Å². The van der Waals surface area contributed by atoms with Gasteiger partial charge in [0.15, 0.2) is 6.29 Å². The van der Waals surface area contributed by atoms with Gasteiger partial charge in [-0.3, -0.25) is 9.59 Å². The van der Waals surface area contributed by atoms with Crippen molar-refractivity contribution in [2.75, 3.05) is 13.2 Å². The molecule has 7 N–H and O–H groups in total. The third-order valence-electron chi connectivity index (χ3n) is 8.63. The Hall–Kier alpha value is -6.18. The van der Waals surface area contributed by atoms with Crippen LogP contribution >= 0.6 is 0 Å². The Kier molecular flexibility index (Phi) is 31.0. The molecule has 1 heterocycles. The van der Waals surface area contributed by atoms with Gasteiger partial charge >= 0.3 is 0 Å². The molecule has 0 aromatic heterocycles. The van der Waals surface area contributed by atoms with Crippen LogP contribution in [0.25, 0.3) is 0 Å². The fraction of sp³-hybridized carbons (Fsp3) is 0.520. The molecule has 5 unspecified atom stereocenters. The van der Waals surface area contributed by atoms with E-state index in [4.69, 9.17) is 9.47 Å². The number of hydrogen-bond donors (Lipinski definition) is 7. The maximum Gasteiger partial charge on any atom is 0.297 e. The summed E-state index contributed by atoms with van der Waals surface area (Å²) in [5.41, 5.74) is 0. The molecule has 1 fully saturated rings. The van der Waals surface area contributed by atoms with Crippen LogP contribution in [0.5, 0.6) is 0 Å². The molecule has 8 atom stereocenters. The summed E-state index contributed by atoms with van der Waals surface area (Å²) in [5, 5.41) is 58.2. The third kappa shape index (κ3) is 27.3. The highest BCUT2D eigenvalue weighted by Crippen LogP contribution is 2.23. The maximum atomic E-state index is 12.8. The van der Waals surface area contributed by atoms with E-state index in [0.29, 0.717) is 6.42 Å². The van der Waals surface area contributed by atoms with E-state index in [1.54, 1.807) is 6.92 Å². The minimum Gasteiger partial charge on any atom is -0.390 e. The van der Waals surface area contributed by atoms with Crippen LogP contribution in [0.4, 0.5) is 0 Å². The van der Waals surface area contributed by atoms with E-state index >= 15 is 0 Å². The van der Waals surface area contributed by atoms with Crippen LogP contribution in [0, 0.1) is 130 Å². The van der Waals surface area contributed by atoms with E-state index in [-0.39, 0.29) is 44.4 Å². The number of ether oxygens (including phenoxy) is 2. The minimum absolute atomic E-state index is 0. The van der Waals surface area contributed by atoms with Crippen LogP contribution in [-0.2, 0) is 19.1 Å². The highest BCUT2D eigenvalue weighted by Gasteiger charge is 2.44. The normalized spacial score (nSPS) is 17.8. The molecule has 11 nitrogen and oxygen atoms in total. The van der Waals surface area contributed by atoms with Gasteiger partial charge in [0.1, 0.15) is 30.5 Å². The smallest absolute Gasteiger partial charge is 0.297 e. The highest BCUT2D eigenvalue weighted by molar-refractivity contribution is 5.94. The number of carbonyl (C=O) groups is 2. The molecule has 61 heavy (non-hydrogen) atoms. The fourth-order valence-corrected chi connectivity index (χ4v) is 5.44. The van der Waals surface area contributed by atoms with Crippen LogP contribution in [0.15, 0.2) is 0 Å². The molecule has 2 amide bonds. The summed E-state index contributed by atoms with van der Waals surface area (Å²) in [7, 11) is 0. The average Bonchev–Trinajstić information content (AvgIpc) is 3.24. The van der Waals surface area contributed by atoms with Gasteiger partial charge in [0, 0.05) is 74.5 Å². The molecule has 0 radical (unpaired) electrons. The van der Waals surface area contributed by atoms with Crippen LogP contribution in [-0.4, -0.2) is 99.5 Å². The zero-order valence-corrected chi connectivity index (χ0v) is 35.1. The van der Waals surface area contributed by atoms with Crippen LogP contribution < -0.4 is 10.6 Å². The quantitative estimate of drug-likeness (QED) is 0.0488. The molecule has 0 saturated carbocycles. The second-order valence-electron chi connectivity index (χ2n) is 13.5. The number of amides is 2. The number of hydrogen-bond acceptors (Lipinski definition) is 9. The monoisotopic (exact) mass is 871 g/mol. The van der Waals surface area contributed by atoms with Gasteiger partial charge in [-0.15, -0.1) is 0 Å². The Morgan fingerprint density at radius 3 is 1.49 bits per heavy atom. The van der Waals surface area contributed by atoms with Gasteiger partial charge in [0.05, 0.1) is 18.8 Å². The van der Waals surface area contributed by atoms with Gasteiger partial charge in [-0.2, -0.15) is 0 Å². The zero-order valence-electron chi connectivity index (χ0n) is 35.1. The summed E-state index contributed by atoms with van der Waals surface area (Å²) in [4.78, 5) is 24.2. The summed E-state index contributed by atoms with van der Waals surface area (Å²) in [6.07, 6.45) is 3.55. The van der Waals surface area contributed by atoms with Gasteiger partial charge in [0.25, 0.3) is 5.91 Å². The van der Waals surface area contributed by atoms with E-state index in [9.17, 15) is 35.1 Å². The first-order valence-electron chi connectivity index (χ1n) is 20.3. The summed E-state index contributed by atoms with van der Waals surface area (Å²) >= 11 is 0. The molecular weight excluding hydrogens is 773 g/mol. The van der Waals surface area contributed by atoms with Crippen molar-refractivity contribution in [3.8, 4) is 130 Å². The minimum atomic E-state index is -1.71. The van der Waals surface area contributed by atoms with Crippen molar-refractivity contribution < 1.29 is 76.0 Å². The van der Waals surface area contributed by atoms with Crippen LogP contribution in [0.1, 0.15) is 136 Å². The van der Waals surface area contributed by atoms with Crippen molar-refractivity contribution in [3.63, 3.8) is 0 Å². The molecule has 0 aliphatic carbocycles. The lowest BCUT2D eigenvalue weighted by Crippen LogP contribution is -2.61. The molecule has 1 aliphatic heterocycles. The number of rotatable bonds is 21. The first kappa shape index (κ1) is 52.8. The molecule has 0 spiro atoms. The van der Waals surface area contributed by atoms with Crippen molar-refractivity contribution >= 4 is 11.8 Å². The van der Waals surface area contributed by atoms with E-state index in [1.807, 2.05) is 0 Å². The maximum absolute atomic E-state index is 12.8. The summed E-state index contributed by atoms with van der Waals surface area (Å²) in [6, 6.07) is -1.24. The van der Waals surface area contributed by atoms with Gasteiger partial charge in [0.2, 0.25) is 5.91 Å². The largest absolute Gasteiger partial charge is 0.390 e. The summed E-state index contributed by atoms with van der Waals surface area (Å²) in [6.45, 7) is 4.47. The van der Waals surface area contributed by atoms with Crippen molar-refractivity contribution in [2.24, 2.45) is 0 Å². The van der Waals surface area contributed by atoms with Crippen LogP contribution in [0.2, 0.25) is 0 Å². The van der Waals surface area contributed by atoms with E-state index in [2.05, 4.69) is 148 Å². The SMILES string of the molecule is CC#CC#CC#CC#CC#CC#CC#CC#CC#CC#CC#CC(=O)N[C@@H](COC1OC(CNC(C)=O)C(O)C(O)C1O)[C@H](O)[C@H](O)CCCCCCCCCCCCCC.[HH].[HH].[HH].[HH].[HH].[HH].[HH].[HH].[HH].[HH].[HH].[HH].[HH].[HH].[HH].[HH].[HH].[HH].[HH].[HH].[HH].[HH]. The predicted octanol–water partition coefficient (Wildman–Crippen LogP) is 6.71. The molecular formula is C50H98N2O9. The topological polar surface area (TPSA) is 178 Å². The lowest BCUT2D eigenvalue weighted by atomic mass is 9.98. The Labute approximate surface area is 395 Å². The fourth-order valence-electron chi connectivity index (χ4n) is 5.44. The second-order valence-corrected chi connectivity index (χ2v) is 13.5. The molecule has 11 heteroatoms. The molecule has 1 rings (SSSR count). The van der Waals surface area contributed by atoms with Crippen molar-refractivity contribution in [1.29, 1.82) is 0 Å². The summed E-state index contributed by atoms with van der Waals surface area (Å²) in [5.74, 6) is 53.1. The Balaban J connectivity index is -0.0000000846. The van der Waals surface area contributed by atoms with E-state index in [0.717, 1.165) is 25.7 Å². The molecule has 0 bridgehead atoms. The zero-order chi connectivity index (χ0) is 44.8. The molecule has 362 valence electrons. The van der Waals surface area contributed by atoms with Gasteiger partial charge in [-0.05, 0) is 108 Å². The van der Waals surface area contributed by atoms with Gasteiger partial charge in [-0.1, -0.05) is 89.9 Å². The number of nitrogens with one attached hydrogen (secondary N) is 2. The Morgan fingerprint density at radius 1 is 0.623 bits per heavy atom. The van der Waals surface area contributed by atoms with Crippen molar-refractivity contribution in [2.45, 2.75) is 153 Å². The Bertz CT molecular complexity index is 2190. The number of aliphatic hydroxyl groups is 5. The second kappa shape index (κ2) is 35.7. The third-order valence-corrected chi connectivity index (χ3v) is 8.63. The van der Waals surface area contributed by atoms with Crippen molar-refractivity contribution in [1.82, 2.24) is 10.6 Å². The number of aliphatic hydroxyl groups excluding tert-OH is 5. The lowest BCUT2D eigenvalue weighted by molar-refractivity contribution is -0.297. The van der Waals surface area contributed by atoms with Gasteiger partial charge in [-0.25, -0.2) is 0 Å². The highest BCUT2D eigenvalue weighted by atomic mass is 16.7. The number of unbranched alkanes of at least 4 members (excludes halogenated alkanes) is 11. The summed E-state index contributed by atoms with van der Waals surface area (Å²) < 4.78 is 11.3. The molecule has 1 saturated heterocycles. The first-order valence-corrected chi connectivity index (χ1v) is 20.3. The Morgan fingerprint density at radius 2 is 1.05 bits per heavy atom. The van der Waals surface area contributed by atoms with Crippen LogP contribution in [0.3, 0.4) is 0 Å². The first-order chi connectivity index (χ1) is 29.6. The van der Waals surface area contributed by atoms with E-state index < -0.39 is 67.4 Å².